The van der Waals surface area contributed by atoms with Crippen LogP contribution >= 0.6 is 0 Å². The van der Waals surface area contributed by atoms with Crippen LogP contribution in [-0.2, 0) is 18.1 Å². The molecule has 0 aliphatic carbocycles. The smallest absolute Gasteiger partial charge is 0.374 e. The first-order valence-electron chi connectivity index (χ1n) is 6.63. The molecule has 0 aliphatic rings. The number of hydrogen-bond donors (Lipinski definition) is 1. The molecule has 0 aromatic carbocycles. The number of amides is 1. The first-order chi connectivity index (χ1) is 8.64. The van der Waals surface area contributed by atoms with Crippen LogP contribution in [0, 0.1) is 6.42 Å². The average Bonchev–Trinajstić information content (AvgIpc) is 2.35. The molecule has 18 heavy (non-hydrogen) atoms. The van der Waals surface area contributed by atoms with Crippen LogP contribution in [0.25, 0.3) is 0 Å². The summed E-state index contributed by atoms with van der Waals surface area (Å²) in [6.07, 6.45) is 2.31. The second-order valence-corrected chi connectivity index (χ2v) is 6.40. The molecule has 0 saturated carbocycles. The highest BCUT2D eigenvalue weighted by Crippen LogP contribution is 2.17. The highest BCUT2D eigenvalue weighted by atomic mass is 28.4. The highest BCUT2D eigenvalue weighted by Gasteiger charge is 2.39. The monoisotopic (exact) mass is 276 g/mol. The Morgan fingerprint density at radius 1 is 1.11 bits per heavy atom. The van der Waals surface area contributed by atoms with Gasteiger partial charge in [-0.25, -0.2) is 0 Å². The van der Waals surface area contributed by atoms with E-state index in [4.69, 9.17) is 13.3 Å². The van der Waals surface area contributed by atoms with Gasteiger partial charge in [-0.3, -0.25) is 4.79 Å². The van der Waals surface area contributed by atoms with E-state index >= 15 is 0 Å². The number of nitrogens with one attached hydrogen (secondary N) is 1. The van der Waals surface area contributed by atoms with Gasteiger partial charge in [0.05, 0.1) is 0 Å². The van der Waals surface area contributed by atoms with Crippen molar-refractivity contribution in [1.29, 1.82) is 0 Å². The van der Waals surface area contributed by atoms with Gasteiger partial charge in [0.1, 0.15) is 0 Å². The lowest BCUT2D eigenvalue weighted by Crippen LogP contribution is -2.46. The zero-order chi connectivity index (χ0) is 13.9. The molecule has 1 amide bonds. The maximum atomic E-state index is 11.1. The van der Waals surface area contributed by atoms with Crippen LogP contribution in [0.1, 0.15) is 34.1 Å². The van der Waals surface area contributed by atoms with Crippen molar-refractivity contribution in [3.05, 3.63) is 6.42 Å². The van der Waals surface area contributed by atoms with Crippen LogP contribution < -0.4 is 5.32 Å². The molecule has 0 aromatic heterocycles. The Balaban J connectivity index is 4.16. The first-order valence-corrected chi connectivity index (χ1v) is 8.56. The molecule has 107 valence electrons. The van der Waals surface area contributed by atoms with E-state index in [2.05, 4.69) is 5.32 Å². The number of carbonyl (C=O) groups excluding carboxylic acids is 1. The minimum atomic E-state index is -2.54. The summed E-state index contributed by atoms with van der Waals surface area (Å²) in [6.45, 7) is 9.90. The van der Waals surface area contributed by atoms with Gasteiger partial charge in [-0.15, -0.1) is 0 Å². The molecule has 0 atom stereocenters. The van der Waals surface area contributed by atoms with E-state index in [0.717, 1.165) is 12.5 Å². The zero-order valence-corrected chi connectivity index (χ0v) is 13.0. The van der Waals surface area contributed by atoms with Crippen molar-refractivity contribution in [1.82, 2.24) is 5.32 Å². The highest BCUT2D eigenvalue weighted by molar-refractivity contribution is 6.60. The summed E-state index contributed by atoms with van der Waals surface area (Å²) in [5.41, 5.74) is 0. The third-order valence-electron chi connectivity index (χ3n) is 2.31. The summed E-state index contributed by atoms with van der Waals surface area (Å²) in [6, 6.07) is 0.729. The fraction of sp³-hybridized carbons (Fsp3) is 0.833. The van der Waals surface area contributed by atoms with E-state index in [1.54, 1.807) is 6.92 Å². The normalized spacial score (nSPS) is 11.6. The second-order valence-electron chi connectivity index (χ2n) is 3.67. The Morgan fingerprint density at radius 2 is 1.61 bits per heavy atom. The molecule has 0 heterocycles. The molecule has 0 spiro atoms. The summed E-state index contributed by atoms with van der Waals surface area (Å²) in [4.78, 5) is 11.1. The second kappa shape index (κ2) is 10.5. The molecule has 5 nitrogen and oxygen atoms in total. The van der Waals surface area contributed by atoms with E-state index in [1.807, 2.05) is 20.8 Å². The van der Waals surface area contributed by atoms with Gasteiger partial charge in [0, 0.05) is 38.8 Å². The summed E-state index contributed by atoms with van der Waals surface area (Å²) < 4.78 is 17.2. The molecule has 0 aromatic rings. The van der Waals surface area contributed by atoms with E-state index < -0.39 is 8.80 Å². The van der Waals surface area contributed by atoms with Gasteiger partial charge < -0.3 is 18.6 Å². The van der Waals surface area contributed by atoms with Crippen LogP contribution in [0.3, 0.4) is 0 Å². The average molecular weight is 276 g/mol. The van der Waals surface area contributed by atoms with Crippen molar-refractivity contribution in [3.8, 4) is 0 Å². The minimum absolute atomic E-state index is 0.0495. The van der Waals surface area contributed by atoms with E-state index in [9.17, 15) is 4.79 Å². The summed E-state index contributed by atoms with van der Waals surface area (Å²) in [7, 11) is -2.54. The maximum absolute atomic E-state index is 11.1. The standard InChI is InChI=1S/C12H26NO4Si/c1-5-12(14)13-10-9-11-18(15-6-2,16-7-3)17-8-4/h5H,6-11H2,1-4H3,(H,13,14). The first kappa shape index (κ1) is 17.6. The molecule has 0 bridgehead atoms. The van der Waals surface area contributed by atoms with Gasteiger partial charge in [0.25, 0.3) is 0 Å². The SMILES string of the molecule is C[CH]C(=O)NCCC[Si](OCC)(OCC)OCC. The lowest BCUT2D eigenvalue weighted by molar-refractivity contribution is -0.117. The molecule has 1 N–H and O–H groups in total. The maximum Gasteiger partial charge on any atom is 0.500 e. The third-order valence-corrected chi connectivity index (χ3v) is 5.47. The number of hydrogen-bond acceptors (Lipinski definition) is 4. The lowest BCUT2D eigenvalue weighted by atomic mass is 10.4. The van der Waals surface area contributed by atoms with Crippen LogP contribution in [0.2, 0.25) is 6.04 Å². The largest absolute Gasteiger partial charge is 0.500 e. The predicted octanol–water partition coefficient (Wildman–Crippen LogP) is 1.77. The third kappa shape index (κ3) is 7.10. The van der Waals surface area contributed by atoms with E-state index in [0.29, 0.717) is 26.4 Å². The van der Waals surface area contributed by atoms with Gasteiger partial charge >= 0.3 is 8.80 Å². The van der Waals surface area contributed by atoms with Crippen molar-refractivity contribution < 1.29 is 18.1 Å². The summed E-state index contributed by atoms with van der Waals surface area (Å²) in [5.74, 6) is -0.0495. The molecule has 6 heteroatoms. The number of carbonyl (C=O) groups is 1. The Bertz CT molecular complexity index is 209. The molecular formula is C12H26NO4Si. The molecule has 0 saturated heterocycles. The Morgan fingerprint density at radius 3 is 2.00 bits per heavy atom. The lowest BCUT2D eigenvalue weighted by Gasteiger charge is -2.28. The van der Waals surface area contributed by atoms with Crippen molar-refractivity contribution >= 4 is 14.7 Å². The molecule has 0 rings (SSSR count). The Hall–Kier alpha value is -0.433. The van der Waals surface area contributed by atoms with Crippen molar-refractivity contribution in [2.45, 2.75) is 40.2 Å². The van der Waals surface area contributed by atoms with Gasteiger partial charge in [0.2, 0.25) is 5.91 Å². The van der Waals surface area contributed by atoms with Gasteiger partial charge in [-0.05, 0) is 27.2 Å². The summed E-state index contributed by atoms with van der Waals surface area (Å²) in [5, 5.41) is 2.79. The van der Waals surface area contributed by atoms with E-state index in [1.165, 1.54) is 6.42 Å². The molecule has 0 aliphatic heterocycles. The Labute approximate surface area is 112 Å². The van der Waals surface area contributed by atoms with Crippen LogP contribution in [0.15, 0.2) is 0 Å². The van der Waals surface area contributed by atoms with Crippen LogP contribution in [0.4, 0.5) is 0 Å². The van der Waals surface area contributed by atoms with Gasteiger partial charge in [-0.2, -0.15) is 0 Å². The summed E-state index contributed by atoms with van der Waals surface area (Å²) >= 11 is 0. The van der Waals surface area contributed by atoms with E-state index in [-0.39, 0.29) is 5.91 Å². The van der Waals surface area contributed by atoms with Gasteiger partial charge in [-0.1, -0.05) is 6.92 Å². The zero-order valence-electron chi connectivity index (χ0n) is 12.0. The quantitative estimate of drug-likeness (QED) is 0.461. The molecule has 0 unspecified atom stereocenters. The molecule has 0 fully saturated rings. The van der Waals surface area contributed by atoms with Crippen molar-refractivity contribution in [2.75, 3.05) is 26.4 Å². The topological polar surface area (TPSA) is 56.8 Å². The minimum Gasteiger partial charge on any atom is -0.374 e. The molecule has 1 radical (unpaired) electrons. The van der Waals surface area contributed by atoms with Crippen molar-refractivity contribution in [2.24, 2.45) is 0 Å². The molecular weight excluding hydrogens is 250 g/mol. The fourth-order valence-corrected chi connectivity index (χ4v) is 4.23. The Kier molecular flexibility index (Phi) is 10.2. The number of rotatable bonds is 11. The van der Waals surface area contributed by atoms with Crippen LogP contribution in [-0.4, -0.2) is 41.1 Å². The van der Waals surface area contributed by atoms with Gasteiger partial charge in [0.15, 0.2) is 0 Å². The fourth-order valence-electron chi connectivity index (χ4n) is 1.62. The predicted molar refractivity (Wildman–Crippen MR) is 73.0 cm³/mol. The van der Waals surface area contributed by atoms with Crippen LogP contribution in [0.5, 0.6) is 0 Å². The van der Waals surface area contributed by atoms with Crippen molar-refractivity contribution in [3.63, 3.8) is 0 Å².